The number of nitrogens with zero attached hydrogens (tertiary/aromatic N) is 1. The molecule has 0 saturated heterocycles. The molecule has 0 heterocycles. The van der Waals surface area contributed by atoms with E-state index in [1.807, 2.05) is 43.3 Å². The molecule has 1 unspecified atom stereocenters. The van der Waals surface area contributed by atoms with Crippen LogP contribution in [0.15, 0.2) is 53.0 Å². The van der Waals surface area contributed by atoms with Crippen molar-refractivity contribution in [2.75, 3.05) is 12.3 Å². The van der Waals surface area contributed by atoms with Crippen LogP contribution >= 0.6 is 27.7 Å². The lowest BCUT2D eigenvalue weighted by Gasteiger charge is -2.29. The Morgan fingerprint density at radius 2 is 1.93 bits per heavy atom. The molecule has 0 radical (unpaired) electrons. The van der Waals surface area contributed by atoms with Crippen molar-refractivity contribution < 1.29 is 9.59 Å². The van der Waals surface area contributed by atoms with Crippen molar-refractivity contribution in [3.8, 4) is 0 Å². The van der Waals surface area contributed by atoms with Crippen LogP contribution in [0.3, 0.4) is 0 Å². The average molecular weight is 491 g/mol. The Balaban J connectivity index is 2.05. The van der Waals surface area contributed by atoms with Crippen LogP contribution in [0.4, 0.5) is 0 Å². The van der Waals surface area contributed by atoms with E-state index < -0.39 is 6.04 Å². The fourth-order valence-corrected chi connectivity index (χ4v) is 4.49. The van der Waals surface area contributed by atoms with Gasteiger partial charge in [0.15, 0.2) is 0 Å². The highest BCUT2D eigenvalue weighted by atomic mass is 79.9. The molecule has 6 heteroatoms. The lowest BCUT2D eigenvalue weighted by atomic mass is 10.1. The zero-order valence-corrected chi connectivity index (χ0v) is 20.4. The van der Waals surface area contributed by atoms with E-state index in [-0.39, 0.29) is 11.8 Å². The molecule has 0 fully saturated rings. The molecule has 4 nitrogen and oxygen atoms in total. The number of nitrogens with one attached hydrogen (secondary N) is 1. The van der Waals surface area contributed by atoms with E-state index in [9.17, 15) is 9.59 Å². The number of hydrogen-bond acceptors (Lipinski definition) is 3. The van der Waals surface area contributed by atoms with Crippen molar-refractivity contribution in [2.24, 2.45) is 0 Å². The second-order valence-electron chi connectivity index (χ2n) is 7.39. The Hall–Kier alpha value is -1.79. The smallest absolute Gasteiger partial charge is 0.242 e. The van der Waals surface area contributed by atoms with Gasteiger partial charge in [0.25, 0.3) is 0 Å². The maximum atomic E-state index is 13.1. The van der Waals surface area contributed by atoms with E-state index in [0.717, 1.165) is 28.6 Å². The average Bonchev–Trinajstić information content (AvgIpc) is 2.73. The van der Waals surface area contributed by atoms with Crippen LogP contribution in [0.25, 0.3) is 0 Å². The summed E-state index contributed by atoms with van der Waals surface area (Å²) in [5, 5.41) is 2.96. The van der Waals surface area contributed by atoms with Crippen molar-refractivity contribution in [1.29, 1.82) is 0 Å². The number of aryl methyl sites for hydroxylation is 1. The van der Waals surface area contributed by atoms with E-state index in [4.69, 9.17) is 0 Å². The predicted molar refractivity (Wildman–Crippen MR) is 129 cm³/mol. The van der Waals surface area contributed by atoms with Crippen molar-refractivity contribution in [1.82, 2.24) is 10.2 Å². The van der Waals surface area contributed by atoms with Crippen molar-refractivity contribution in [3.63, 3.8) is 0 Å². The summed E-state index contributed by atoms with van der Waals surface area (Å²) < 4.78 is 0.960. The minimum atomic E-state index is -0.521. The third kappa shape index (κ3) is 7.80. The molecule has 2 aromatic rings. The van der Waals surface area contributed by atoms with Gasteiger partial charge in [0.05, 0.1) is 5.75 Å². The topological polar surface area (TPSA) is 49.4 Å². The summed E-state index contributed by atoms with van der Waals surface area (Å²) in [5.74, 6) is 0.997. The van der Waals surface area contributed by atoms with Gasteiger partial charge in [-0.2, -0.15) is 0 Å². The summed E-state index contributed by atoms with van der Waals surface area (Å²) in [6.07, 6.45) is 1.95. The van der Waals surface area contributed by atoms with Gasteiger partial charge >= 0.3 is 0 Å². The number of hydrogen-bond donors (Lipinski definition) is 1. The van der Waals surface area contributed by atoms with E-state index in [1.165, 1.54) is 11.1 Å². The highest BCUT2D eigenvalue weighted by molar-refractivity contribution is 9.10. The molecule has 162 valence electrons. The molecule has 1 N–H and O–H groups in total. The second-order valence-corrected chi connectivity index (χ2v) is 9.29. The van der Waals surface area contributed by atoms with E-state index in [0.29, 0.717) is 18.8 Å². The Bertz CT molecular complexity index is 843. The molecular formula is C24H31BrN2O2S. The van der Waals surface area contributed by atoms with Crippen LogP contribution in [-0.4, -0.2) is 35.1 Å². The van der Waals surface area contributed by atoms with Crippen LogP contribution in [0.5, 0.6) is 0 Å². The molecule has 0 aromatic heterocycles. The monoisotopic (exact) mass is 490 g/mol. The summed E-state index contributed by atoms with van der Waals surface area (Å²) in [5.41, 5.74) is 3.46. The Morgan fingerprint density at radius 3 is 2.63 bits per heavy atom. The fraction of sp³-hybridized carbons (Fsp3) is 0.417. The van der Waals surface area contributed by atoms with Gasteiger partial charge in [0.1, 0.15) is 6.04 Å². The molecule has 1 atom stereocenters. The largest absolute Gasteiger partial charge is 0.354 e. The molecule has 30 heavy (non-hydrogen) atoms. The minimum Gasteiger partial charge on any atom is -0.354 e. The Labute approximate surface area is 192 Å². The summed E-state index contributed by atoms with van der Waals surface area (Å²) in [6.45, 7) is 7.03. The number of carbonyl (C=O) groups is 2. The first-order valence-electron chi connectivity index (χ1n) is 10.4. The van der Waals surface area contributed by atoms with Crippen molar-refractivity contribution in [2.45, 2.75) is 52.0 Å². The SMILES string of the molecule is CCCCNC(=O)C(C)N(Cc1cccc(Br)c1)C(=O)CSCc1ccccc1C. The number of benzene rings is 2. The summed E-state index contributed by atoms with van der Waals surface area (Å²) in [7, 11) is 0. The van der Waals surface area contributed by atoms with Crippen LogP contribution in [0.1, 0.15) is 43.4 Å². The number of carbonyl (C=O) groups excluding carboxylic acids is 2. The van der Waals surface area contributed by atoms with Gasteiger partial charge in [0.2, 0.25) is 11.8 Å². The predicted octanol–water partition coefficient (Wildman–Crippen LogP) is 5.32. The maximum absolute atomic E-state index is 13.1. The maximum Gasteiger partial charge on any atom is 0.242 e. The van der Waals surface area contributed by atoms with Gasteiger partial charge in [-0.15, -0.1) is 11.8 Å². The zero-order chi connectivity index (χ0) is 21.9. The Morgan fingerprint density at radius 1 is 1.17 bits per heavy atom. The molecule has 0 saturated carbocycles. The molecular weight excluding hydrogens is 460 g/mol. The lowest BCUT2D eigenvalue weighted by molar-refractivity contribution is -0.138. The number of halogens is 1. The standard InChI is InChI=1S/C24H31BrN2O2S/c1-4-5-13-26-24(29)19(3)27(15-20-10-8-12-22(25)14-20)23(28)17-30-16-21-11-7-6-9-18(21)2/h6-12,14,19H,4-5,13,15-17H2,1-3H3,(H,26,29). The first kappa shape index (κ1) is 24.5. The molecule has 2 rings (SSSR count). The van der Waals surface area contributed by atoms with Gasteiger partial charge in [-0.05, 0) is 49.1 Å². The molecule has 0 aliphatic rings. The van der Waals surface area contributed by atoms with Crippen LogP contribution in [-0.2, 0) is 21.9 Å². The molecule has 0 bridgehead atoms. The Kier molecular flexibility index (Phi) is 10.4. The van der Waals surface area contributed by atoms with Gasteiger partial charge in [-0.1, -0.05) is 65.7 Å². The number of rotatable bonds is 11. The van der Waals surface area contributed by atoms with Gasteiger partial charge < -0.3 is 10.2 Å². The van der Waals surface area contributed by atoms with Crippen molar-refractivity contribution >= 4 is 39.5 Å². The quantitative estimate of drug-likeness (QED) is 0.433. The highest BCUT2D eigenvalue weighted by Crippen LogP contribution is 2.19. The number of amides is 2. The van der Waals surface area contributed by atoms with E-state index >= 15 is 0 Å². The first-order chi connectivity index (χ1) is 14.4. The zero-order valence-electron chi connectivity index (χ0n) is 18.0. The van der Waals surface area contributed by atoms with Crippen molar-refractivity contribution in [3.05, 3.63) is 69.7 Å². The fourth-order valence-electron chi connectivity index (χ4n) is 3.05. The summed E-state index contributed by atoms with van der Waals surface area (Å²) in [4.78, 5) is 27.4. The highest BCUT2D eigenvalue weighted by Gasteiger charge is 2.25. The summed E-state index contributed by atoms with van der Waals surface area (Å²) in [6, 6.07) is 15.6. The molecule has 0 spiro atoms. The lowest BCUT2D eigenvalue weighted by Crippen LogP contribution is -2.48. The number of thioether (sulfide) groups is 1. The third-order valence-corrected chi connectivity index (χ3v) is 6.44. The van der Waals surface area contributed by atoms with Gasteiger partial charge in [0, 0.05) is 23.3 Å². The van der Waals surface area contributed by atoms with Crippen LogP contribution < -0.4 is 5.32 Å². The van der Waals surface area contributed by atoms with E-state index in [1.54, 1.807) is 16.7 Å². The third-order valence-electron chi connectivity index (χ3n) is 4.98. The molecule has 2 amide bonds. The minimum absolute atomic E-state index is 0.0216. The molecule has 0 aliphatic heterocycles. The van der Waals surface area contributed by atoms with Crippen LogP contribution in [0, 0.1) is 6.92 Å². The number of unbranched alkanes of at least 4 members (excludes halogenated alkanes) is 1. The van der Waals surface area contributed by atoms with E-state index in [2.05, 4.69) is 47.2 Å². The van der Waals surface area contributed by atoms with Gasteiger partial charge in [-0.25, -0.2) is 0 Å². The van der Waals surface area contributed by atoms with Gasteiger partial charge in [-0.3, -0.25) is 9.59 Å². The summed E-state index contributed by atoms with van der Waals surface area (Å²) >= 11 is 5.07. The second kappa shape index (κ2) is 12.8. The van der Waals surface area contributed by atoms with Crippen LogP contribution in [0.2, 0.25) is 0 Å². The molecule has 2 aromatic carbocycles. The normalized spacial score (nSPS) is 11.7. The molecule has 0 aliphatic carbocycles. The first-order valence-corrected chi connectivity index (χ1v) is 12.3.